The van der Waals surface area contributed by atoms with Crippen LogP contribution in [0.5, 0.6) is 0 Å². The SMILES string of the molecule is CS(=O)(=O)N(CC(=O)Nc1cccc([N+](=O)[O-])c1)c1cc(Cl)ccc1Cl. The molecule has 26 heavy (non-hydrogen) atoms. The molecule has 0 aliphatic heterocycles. The molecule has 0 spiro atoms. The van der Waals surface area contributed by atoms with E-state index in [1.54, 1.807) is 0 Å². The summed E-state index contributed by atoms with van der Waals surface area (Å²) in [5, 5.41) is 13.5. The molecule has 0 atom stereocenters. The van der Waals surface area contributed by atoms with Crippen LogP contribution in [0.3, 0.4) is 0 Å². The van der Waals surface area contributed by atoms with Crippen molar-refractivity contribution in [2.75, 3.05) is 22.4 Å². The number of non-ortho nitro benzene ring substituents is 1. The maximum absolute atomic E-state index is 12.3. The fourth-order valence-electron chi connectivity index (χ4n) is 2.09. The average Bonchev–Trinajstić information content (AvgIpc) is 2.54. The smallest absolute Gasteiger partial charge is 0.271 e. The van der Waals surface area contributed by atoms with Crippen LogP contribution in [0.2, 0.25) is 10.0 Å². The number of halogens is 2. The van der Waals surface area contributed by atoms with Gasteiger partial charge in [0.2, 0.25) is 15.9 Å². The number of hydrogen-bond acceptors (Lipinski definition) is 5. The van der Waals surface area contributed by atoms with Crippen LogP contribution in [-0.2, 0) is 14.8 Å². The molecule has 0 bridgehead atoms. The fraction of sp³-hybridized carbons (Fsp3) is 0.133. The van der Waals surface area contributed by atoms with Crippen molar-refractivity contribution in [3.63, 3.8) is 0 Å². The third kappa shape index (κ3) is 5.07. The molecule has 2 aromatic rings. The molecule has 8 nitrogen and oxygen atoms in total. The average molecular weight is 418 g/mol. The highest BCUT2D eigenvalue weighted by Gasteiger charge is 2.23. The molecule has 2 aromatic carbocycles. The van der Waals surface area contributed by atoms with Crippen molar-refractivity contribution in [2.24, 2.45) is 0 Å². The number of nitro groups is 1. The maximum Gasteiger partial charge on any atom is 0.271 e. The number of sulfonamides is 1. The van der Waals surface area contributed by atoms with Gasteiger partial charge in [-0.25, -0.2) is 8.42 Å². The van der Waals surface area contributed by atoms with Gasteiger partial charge in [0, 0.05) is 22.8 Å². The number of carbonyl (C=O) groups excluding carboxylic acids is 1. The van der Waals surface area contributed by atoms with E-state index in [0.29, 0.717) is 0 Å². The van der Waals surface area contributed by atoms with Crippen molar-refractivity contribution in [3.05, 3.63) is 62.6 Å². The Morgan fingerprint density at radius 2 is 1.92 bits per heavy atom. The highest BCUT2D eigenvalue weighted by molar-refractivity contribution is 7.92. The fourth-order valence-corrected chi connectivity index (χ4v) is 3.38. The second-order valence-corrected chi connectivity index (χ2v) is 7.97. The first-order valence-corrected chi connectivity index (χ1v) is 9.65. The Morgan fingerprint density at radius 1 is 1.23 bits per heavy atom. The van der Waals surface area contributed by atoms with Crippen LogP contribution in [0.15, 0.2) is 42.5 Å². The van der Waals surface area contributed by atoms with Crippen LogP contribution >= 0.6 is 23.2 Å². The molecule has 0 aliphatic rings. The normalized spacial score (nSPS) is 11.0. The van der Waals surface area contributed by atoms with Crippen molar-refractivity contribution in [2.45, 2.75) is 0 Å². The molecular weight excluding hydrogens is 405 g/mol. The second-order valence-electron chi connectivity index (χ2n) is 5.22. The second kappa shape index (κ2) is 7.90. The van der Waals surface area contributed by atoms with Gasteiger partial charge in [0.1, 0.15) is 6.54 Å². The van der Waals surface area contributed by atoms with Gasteiger partial charge in [0.25, 0.3) is 5.69 Å². The van der Waals surface area contributed by atoms with Crippen LogP contribution in [0, 0.1) is 10.1 Å². The Hall–Kier alpha value is -2.36. The van der Waals surface area contributed by atoms with E-state index >= 15 is 0 Å². The Balaban J connectivity index is 2.27. The number of nitrogens with zero attached hydrogens (tertiary/aromatic N) is 2. The minimum atomic E-state index is -3.84. The molecule has 0 unspecified atom stereocenters. The number of nitrogens with one attached hydrogen (secondary N) is 1. The standard InChI is InChI=1S/C15H13Cl2N3O5S/c1-26(24,25)19(14-7-10(16)5-6-13(14)17)9-15(21)18-11-3-2-4-12(8-11)20(22)23/h2-8H,9H2,1H3,(H,18,21). The zero-order valence-corrected chi connectivity index (χ0v) is 15.7. The van der Waals surface area contributed by atoms with E-state index in [1.165, 1.54) is 36.4 Å². The van der Waals surface area contributed by atoms with Crippen molar-refractivity contribution >= 4 is 56.2 Å². The number of hydrogen-bond donors (Lipinski definition) is 1. The number of anilines is 2. The monoisotopic (exact) mass is 417 g/mol. The van der Waals surface area contributed by atoms with Crippen molar-refractivity contribution in [3.8, 4) is 0 Å². The Morgan fingerprint density at radius 3 is 2.54 bits per heavy atom. The minimum Gasteiger partial charge on any atom is -0.324 e. The summed E-state index contributed by atoms with van der Waals surface area (Å²) < 4.78 is 25.0. The summed E-state index contributed by atoms with van der Waals surface area (Å²) >= 11 is 11.9. The summed E-state index contributed by atoms with van der Waals surface area (Å²) in [5.74, 6) is -0.702. The van der Waals surface area contributed by atoms with Crippen LogP contribution in [-0.4, -0.2) is 32.0 Å². The third-order valence-corrected chi connectivity index (χ3v) is 4.89. The molecule has 0 aliphatic carbocycles. The Kier molecular flexibility index (Phi) is 6.06. The molecule has 11 heteroatoms. The summed E-state index contributed by atoms with van der Waals surface area (Å²) in [6, 6.07) is 9.50. The van der Waals surface area contributed by atoms with Crippen LogP contribution in [0.4, 0.5) is 17.1 Å². The first-order chi connectivity index (χ1) is 12.1. The van der Waals surface area contributed by atoms with Crippen molar-refractivity contribution < 1.29 is 18.1 Å². The molecule has 1 N–H and O–H groups in total. The molecular formula is C15H13Cl2N3O5S. The zero-order valence-electron chi connectivity index (χ0n) is 13.3. The number of carbonyl (C=O) groups is 1. The summed E-state index contributed by atoms with van der Waals surface area (Å²) in [6.07, 6.45) is 0.922. The highest BCUT2D eigenvalue weighted by atomic mass is 35.5. The molecule has 0 aromatic heterocycles. The number of amides is 1. The first kappa shape index (κ1) is 20.0. The van der Waals surface area contributed by atoms with Crippen molar-refractivity contribution in [1.29, 1.82) is 0 Å². The van der Waals surface area contributed by atoms with Gasteiger partial charge >= 0.3 is 0 Å². The summed E-state index contributed by atoms with van der Waals surface area (Å²) in [4.78, 5) is 22.4. The summed E-state index contributed by atoms with van der Waals surface area (Å²) in [5.41, 5.74) is 0.00588. The van der Waals surface area contributed by atoms with E-state index < -0.39 is 27.4 Å². The van der Waals surface area contributed by atoms with Gasteiger partial charge in [-0.15, -0.1) is 0 Å². The topological polar surface area (TPSA) is 110 Å². The Labute approximate surface area is 159 Å². The van der Waals surface area contributed by atoms with Crippen LogP contribution < -0.4 is 9.62 Å². The molecule has 1 amide bonds. The van der Waals surface area contributed by atoms with E-state index in [2.05, 4.69) is 5.32 Å². The lowest BCUT2D eigenvalue weighted by Crippen LogP contribution is -2.37. The van der Waals surface area contributed by atoms with Gasteiger partial charge in [0.05, 0.1) is 21.9 Å². The maximum atomic E-state index is 12.3. The number of benzene rings is 2. The van der Waals surface area contributed by atoms with Gasteiger partial charge in [-0.1, -0.05) is 29.3 Å². The van der Waals surface area contributed by atoms with Gasteiger partial charge in [-0.3, -0.25) is 19.2 Å². The summed E-state index contributed by atoms with van der Waals surface area (Å²) in [6.45, 7) is -0.582. The van der Waals surface area contributed by atoms with E-state index in [1.807, 2.05) is 0 Å². The van der Waals surface area contributed by atoms with E-state index in [4.69, 9.17) is 23.2 Å². The molecule has 138 valence electrons. The number of rotatable bonds is 6. The predicted molar refractivity (Wildman–Crippen MR) is 100 cm³/mol. The largest absolute Gasteiger partial charge is 0.324 e. The van der Waals surface area contributed by atoms with Crippen LogP contribution in [0.1, 0.15) is 0 Å². The van der Waals surface area contributed by atoms with E-state index in [0.717, 1.165) is 16.6 Å². The molecule has 0 saturated carbocycles. The van der Waals surface area contributed by atoms with Gasteiger partial charge in [0.15, 0.2) is 0 Å². The molecule has 2 rings (SSSR count). The lowest BCUT2D eigenvalue weighted by Gasteiger charge is -2.23. The summed E-state index contributed by atoms with van der Waals surface area (Å²) in [7, 11) is -3.84. The lowest BCUT2D eigenvalue weighted by molar-refractivity contribution is -0.384. The first-order valence-electron chi connectivity index (χ1n) is 7.05. The highest BCUT2D eigenvalue weighted by Crippen LogP contribution is 2.30. The van der Waals surface area contributed by atoms with Gasteiger partial charge < -0.3 is 5.32 Å². The third-order valence-electron chi connectivity index (χ3n) is 3.21. The number of nitro benzene ring substituents is 1. The van der Waals surface area contributed by atoms with E-state index in [-0.39, 0.29) is 27.1 Å². The molecule has 0 radical (unpaired) electrons. The molecule has 0 fully saturated rings. The Bertz CT molecular complexity index is 966. The van der Waals surface area contributed by atoms with Gasteiger partial charge in [-0.05, 0) is 24.3 Å². The minimum absolute atomic E-state index is 0.0517. The molecule has 0 saturated heterocycles. The van der Waals surface area contributed by atoms with E-state index in [9.17, 15) is 23.3 Å². The quantitative estimate of drug-likeness (QED) is 0.572. The lowest BCUT2D eigenvalue weighted by atomic mass is 10.3. The van der Waals surface area contributed by atoms with Gasteiger partial charge in [-0.2, -0.15) is 0 Å². The predicted octanol–water partition coefficient (Wildman–Crippen LogP) is 3.31. The molecule has 0 heterocycles. The van der Waals surface area contributed by atoms with Crippen molar-refractivity contribution in [1.82, 2.24) is 0 Å². The zero-order chi connectivity index (χ0) is 19.5. The van der Waals surface area contributed by atoms with Crippen LogP contribution in [0.25, 0.3) is 0 Å².